The van der Waals surface area contributed by atoms with Gasteiger partial charge in [-0.15, -0.1) is 0 Å². The summed E-state index contributed by atoms with van der Waals surface area (Å²) in [6.45, 7) is 7.32. The van der Waals surface area contributed by atoms with Gasteiger partial charge in [0.25, 0.3) is 0 Å². The van der Waals surface area contributed by atoms with E-state index in [1.54, 1.807) is 28.3 Å². The van der Waals surface area contributed by atoms with Crippen LogP contribution in [0, 0.1) is 13.8 Å². The third-order valence-corrected chi connectivity index (χ3v) is 7.78. The zero-order chi connectivity index (χ0) is 22.0. The first-order chi connectivity index (χ1) is 14.9. The Kier molecular flexibility index (Phi) is 6.06. The predicted octanol–water partition coefficient (Wildman–Crippen LogP) is 3.62. The average molecular weight is 441 g/mol. The van der Waals surface area contributed by atoms with Gasteiger partial charge in [-0.3, -0.25) is 9.67 Å². The Morgan fingerprint density at radius 3 is 2.52 bits per heavy atom. The molecular weight excluding hydrogens is 412 g/mol. The minimum atomic E-state index is -3.52. The van der Waals surface area contributed by atoms with Gasteiger partial charge in [0, 0.05) is 43.6 Å². The summed E-state index contributed by atoms with van der Waals surface area (Å²) >= 11 is 0. The molecule has 0 spiro atoms. The van der Waals surface area contributed by atoms with E-state index in [-0.39, 0.29) is 5.92 Å². The maximum atomic E-state index is 13.1. The maximum Gasteiger partial charge on any atom is 0.246 e. The van der Waals surface area contributed by atoms with E-state index < -0.39 is 10.0 Å². The van der Waals surface area contributed by atoms with Crippen molar-refractivity contribution in [2.24, 2.45) is 0 Å². The number of sulfonamides is 1. The molecule has 0 atom stereocenters. The standard InChI is InChI=1S/C22H28N6O2S/c1-4-27-15-21(17(3)26-27)31(29,30)28-12-9-18(10-13-28)20-8-7-19(14-24-20)25-22-16(2)6-5-11-23-22/h5-8,11,14-15,18H,4,9-10,12-13H2,1-3H3,(H,23,25). The molecule has 0 unspecified atom stereocenters. The van der Waals surface area contributed by atoms with Gasteiger partial charge in [-0.2, -0.15) is 9.40 Å². The second kappa shape index (κ2) is 8.76. The summed E-state index contributed by atoms with van der Waals surface area (Å²) in [4.78, 5) is 9.29. The first-order valence-electron chi connectivity index (χ1n) is 10.6. The van der Waals surface area contributed by atoms with Crippen molar-refractivity contribution < 1.29 is 8.42 Å². The molecule has 0 aromatic carbocycles. The molecule has 3 aromatic heterocycles. The van der Waals surface area contributed by atoms with Crippen LogP contribution in [0.15, 0.2) is 47.8 Å². The molecule has 3 aromatic rings. The van der Waals surface area contributed by atoms with Gasteiger partial charge in [-0.05, 0) is 57.4 Å². The molecule has 1 aliphatic heterocycles. The van der Waals surface area contributed by atoms with Gasteiger partial charge in [0.05, 0.1) is 17.6 Å². The van der Waals surface area contributed by atoms with E-state index in [1.807, 2.05) is 44.3 Å². The Labute approximate surface area is 183 Å². The van der Waals surface area contributed by atoms with E-state index in [2.05, 4.69) is 20.4 Å². The summed E-state index contributed by atoms with van der Waals surface area (Å²) in [5, 5.41) is 7.58. The minimum Gasteiger partial charge on any atom is -0.339 e. The Hall–Kier alpha value is -2.78. The van der Waals surface area contributed by atoms with E-state index in [0.29, 0.717) is 30.2 Å². The van der Waals surface area contributed by atoms with Crippen LogP contribution in [0.1, 0.15) is 42.6 Å². The highest BCUT2D eigenvalue weighted by Crippen LogP contribution is 2.31. The Morgan fingerprint density at radius 1 is 1.13 bits per heavy atom. The Bertz CT molecular complexity index is 1150. The van der Waals surface area contributed by atoms with Crippen molar-refractivity contribution in [1.29, 1.82) is 0 Å². The molecule has 0 radical (unpaired) electrons. The molecule has 4 heterocycles. The molecule has 0 amide bonds. The number of nitrogens with zero attached hydrogens (tertiary/aromatic N) is 5. The molecular formula is C22H28N6O2S. The van der Waals surface area contributed by atoms with Gasteiger partial charge < -0.3 is 5.32 Å². The second-order valence-electron chi connectivity index (χ2n) is 7.88. The van der Waals surface area contributed by atoms with Crippen LogP contribution in [-0.2, 0) is 16.6 Å². The number of hydrogen-bond donors (Lipinski definition) is 1. The fourth-order valence-electron chi connectivity index (χ4n) is 3.92. The van der Waals surface area contributed by atoms with Crippen molar-refractivity contribution in [3.63, 3.8) is 0 Å². The molecule has 1 fully saturated rings. The van der Waals surface area contributed by atoms with Crippen LogP contribution >= 0.6 is 0 Å². The SMILES string of the molecule is CCn1cc(S(=O)(=O)N2CCC(c3ccc(Nc4ncccc4C)cn3)CC2)c(C)n1. The van der Waals surface area contributed by atoms with E-state index in [4.69, 9.17) is 0 Å². The summed E-state index contributed by atoms with van der Waals surface area (Å²) < 4.78 is 29.4. The maximum absolute atomic E-state index is 13.1. The highest BCUT2D eigenvalue weighted by molar-refractivity contribution is 7.89. The van der Waals surface area contributed by atoms with Gasteiger partial charge in [-0.1, -0.05) is 6.07 Å². The number of aryl methyl sites for hydroxylation is 3. The van der Waals surface area contributed by atoms with Gasteiger partial charge in [0.15, 0.2) is 0 Å². The molecule has 0 saturated carbocycles. The summed E-state index contributed by atoms with van der Waals surface area (Å²) in [7, 11) is -3.52. The Morgan fingerprint density at radius 2 is 1.90 bits per heavy atom. The summed E-state index contributed by atoms with van der Waals surface area (Å²) in [6, 6.07) is 7.94. The van der Waals surface area contributed by atoms with Crippen LogP contribution in [0.4, 0.5) is 11.5 Å². The molecule has 1 saturated heterocycles. The van der Waals surface area contributed by atoms with Gasteiger partial charge in [-0.25, -0.2) is 13.4 Å². The first-order valence-corrected chi connectivity index (χ1v) is 12.0. The molecule has 1 N–H and O–H groups in total. The van der Waals surface area contributed by atoms with E-state index in [0.717, 1.165) is 35.6 Å². The van der Waals surface area contributed by atoms with Crippen molar-refractivity contribution >= 4 is 21.5 Å². The lowest BCUT2D eigenvalue weighted by atomic mass is 9.94. The lowest BCUT2D eigenvalue weighted by molar-refractivity contribution is 0.316. The van der Waals surface area contributed by atoms with Crippen LogP contribution in [0.2, 0.25) is 0 Å². The van der Waals surface area contributed by atoms with Crippen molar-refractivity contribution in [3.8, 4) is 0 Å². The predicted molar refractivity (Wildman–Crippen MR) is 120 cm³/mol. The molecule has 4 rings (SSSR count). The average Bonchev–Trinajstić information content (AvgIpc) is 3.18. The Balaban J connectivity index is 1.40. The van der Waals surface area contributed by atoms with Gasteiger partial charge in [0.1, 0.15) is 10.7 Å². The number of nitrogens with one attached hydrogen (secondary N) is 1. The van der Waals surface area contributed by atoms with Crippen molar-refractivity contribution in [3.05, 3.63) is 59.8 Å². The van der Waals surface area contributed by atoms with Crippen molar-refractivity contribution in [2.45, 2.75) is 51.0 Å². The number of hydrogen-bond acceptors (Lipinski definition) is 6. The third kappa shape index (κ3) is 4.47. The van der Waals surface area contributed by atoms with E-state index in [1.165, 1.54) is 0 Å². The van der Waals surface area contributed by atoms with Crippen LogP contribution in [0.3, 0.4) is 0 Å². The number of aromatic nitrogens is 4. The van der Waals surface area contributed by atoms with Crippen LogP contribution < -0.4 is 5.32 Å². The van der Waals surface area contributed by atoms with Crippen LogP contribution in [-0.4, -0.2) is 45.6 Å². The zero-order valence-corrected chi connectivity index (χ0v) is 18.9. The smallest absolute Gasteiger partial charge is 0.246 e. The lowest BCUT2D eigenvalue weighted by Gasteiger charge is -2.30. The normalized spacial score (nSPS) is 15.8. The lowest BCUT2D eigenvalue weighted by Crippen LogP contribution is -2.38. The monoisotopic (exact) mass is 440 g/mol. The molecule has 0 aliphatic carbocycles. The quantitative estimate of drug-likeness (QED) is 0.629. The molecule has 164 valence electrons. The number of rotatable bonds is 6. The van der Waals surface area contributed by atoms with Crippen molar-refractivity contribution in [2.75, 3.05) is 18.4 Å². The number of pyridine rings is 2. The fourth-order valence-corrected chi connectivity index (χ4v) is 5.56. The molecule has 1 aliphatic rings. The number of anilines is 2. The minimum absolute atomic E-state index is 0.247. The highest BCUT2D eigenvalue weighted by Gasteiger charge is 2.32. The topological polar surface area (TPSA) is 93.0 Å². The van der Waals surface area contributed by atoms with Gasteiger partial charge >= 0.3 is 0 Å². The van der Waals surface area contributed by atoms with E-state index >= 15 is 0 Å². The fraction of sp³-hybridized carbons (Fsp3) is 0.409. The number of piperidine rings is 1. The largest absolute Gasteiger partial charge is 0.339 e. The summed E-state index contributed by atoms with van der Waals surface area (Å²) in [5.41, 5.74) is 3.50. The zero-order valence-electron chi connectivity index (χ0n) is 18.1. The van der Waals surface area contributed by atoms with Crippen molar-refractivity contribution in [1.82, 2.24) is 24.1 Å². The first kappa shape index (κ1) is 21.5. The summed E-state index contributed by atoms with van der Waals surface area (Å²) in [6.07, 6.45) is 6.70. The van der Waals surface area contributed by atoms with Crippen LogP contribution in [0.25, 0.3) is 0 Å². The second-order valence-corrected chi connectivity index (χ2v) is 9.78. The highest BCUT2D eigenvalue weighted by atomic mass is 32.2. The molecule has 8 nitrogen and oxygen atoms in total. The molecule has 9 heteroatoms. The third-order valence-electron chi connectivity index (χ3n) is 5.77. The summed E-state index contributed by atoms with van der Waals surface area (Å²) in [5.74, 6) is 1.06. The molecule has 0 bridgehead atoms. The molecule has 31 heavy (non-hydrogen) atoms. The van der Waals surface area contributed by atoms with Gasteiger partial charge in [0.2, 0.25) is 10.0 Å². The van der Waals surface area contributed by atoms with Crippen LogP contribution in [0.5, 0.6) is 0 Å². The van der Waals surface area contributed by atoms with E-state index in [9.17, 15) is 8.42 Å².